The van der Waals surface area contributed by atoms with Gasteiger partial charge in [-0.05, 0) is 19.1 Å². The van der Waals surface area contributed by atoms with Gasteiger partial charge in [-0.25, -0.2) is 0 Å². The van der Waals surface area contributed by atoms with Crippen molar-refractivity contribution in [1.29, 1.82) is 0 Å². The fourth-order valence-corrected chi connectivity index (χ4v) is 0.382. The predicted octanol–water partition coefficient (Wildman–Crippen LogP) is 1.19. The van der Waals surface area contributed by atoms with Gasteiger partial charge in [0.15, 0.2) is 5.78 Å². The molecule has 0 aliphatic carbocycles. The van der Waals surface area contributed by atoms with E-state index in [1.165, 1.54) is 32.9 Å². The Morgan fingerprint density at radius 3 is 2.27 bits per heavy atom. The van der Waals surface area contributed by atoms with E-state index in [0.29, 0.717) is 0 Å². The second-order valence-corrected chi connectivity index (χ2v) is 2.85. The number of ketones is 1. The Kier molecular flexibility index (Phi) is 2.92. The molecule has 0 saturated carbocycles. The Bertz CT molecular complexity index is 206. The molecule has 0 amide bonds. The Hall–Kier alpha value is -1.19. The zero-order valence-electron chi connectivity index (χ0n) is 6.83. The zero-order valence-corrected chi connectivity index (χ0v) is 6.83. The molecule has 0 aliphatic heterocycles. The highest BCUT2D eigenvalue weighted by Crippen LogP contribution is 2.08. The minimum Gasteiger partial charge on any atom is -0.295 e. The molecule has 0 fully saturated rings. The van der Waals surface area contributed by atoms with Gasteiger partial charge in [-0.3, -0.25) is 14.9 Å². The van der Waals surface area contributed by atoms with Crippen LogP contribution in [0.15, 0.2) is 12.2 Å². The summed E-state index contributed by atoms with van der Waals surface area (Å²) in [6.45, 7) is 4.23. The molecule has 0 aromatic heterocycles. The van der Waals surface area contributed by atoms with Crippen LogP contribution in [0.1, 0.15) is 20.8 Å². The van der Waals surface area contributed by atoms with Crippen molar-refractivity contribution in [2.75, 3.05) is 0 Å². The van der Waals surface area contributed by atoms with Crippen LogP contribution in [-0.2, 0) is 4.79 Å². The highest BCUT2D eigenvalue weighted by atomic mass is 16.6. The summed E-state index contributed by atoms with van der Waals surface area (Å²) in [5, 5.41) is 10.3. The first-order valence-corrected chi connectivity index (χ1v) is 3.20. The maximum Gasteiger partial charge on any atom is 0.235 e. The summed E-state index contributed by atoms with van der Waals surface area (Å²) < 4.78 is 0. The largest absolute Gasteiger partial charge is 0.295 e. The number of carbonyl (C=O) groups excluding carboxylic acids is 1. The van der Waals surface area contributed by atoms with Gasteiger partial charge < -0.3 is 0 Å². The molecule has 0 radical (unpaired) electrons. The number of rotatable bonds is 3. The average Bonchev–Trinajstić information content (AvgIpc) is 1.84. The van der Waals surface area contributed by atoms with Crippen LogP contribution in [0.3, 0.4) is 0 Å². The van der Waals surface area contributed by atoms with Crippen LogP contribution in [0.2, 0.25) is 0 Å². The molecule has 4 nitrogen and oxygen atoms in total. The quantitative estimate of drug-likeness (QED) is 0.351. The standard InChI is InChI=1S/C7H11NO3/c1-6(9)4-5-7(2,3)8(10)11/h4-5H,1-3H3/b5-4+. The Labute approximate surface area is 65.1 Å². The minimum absolute atomic E-state index is 0.181. The van der Waals surface area contributed by atoms with E-state index in [1.807, 2.05) is 0 Å². The smallest absolute Gasteiger partial charge is 0.235 e. The second-order valence-electron chi connectivity index (χ2n) is 2.85. The van der Waals surface area contributed by atoms with Gasteiger partial charge in [0.25, 0.3) is 0 Å². The van der Waals surface area contributed by atoms with Crippen molar-refractivity contribution in [2.24, 2.45) is 0 Å². The first-order valence-electron chi connectivity index (χ1n) is 3.20. The maximum atomic E-state index is 10.4. The first kappa shape index (κ1) is 9.81. The lowest BCUT2D eigenvalue weighted by atomic mass is 10.1. The summed E-state index contributed by atoms with van der Waals surface area (Å²) >= 11 is 0. The molecule has 0 bridgehead atoms. The van der Waals surface area contributed by atoms with Gasteiger partial charge in [-0.1, -0.05) is 0 Å². The molecule has 0 saturated heterocycles. The maximum absolute atomic E-state index is 10.4. The van der Waals surface area contributed by atoms with E-state index < -0.39 is 10.5 Å². The van der Waals surface area contributed by atoms with Crippen molar-refractivity contribution >= 4 is 5.78 Å². The number of hydrogen-bond donors (Lipinski definition) is 0. The highest BCUT2D eigenvalue weighted by molar-refractivity contribution is 5.87. The molecule has 0 aromatic carbocycles. The molecule has 0 atom stereocenters. The van der Waals surface area contributed by atoms with E-state index in [1.54, 1.807) is 0 Å². The molecule has 0 rings (SSSR count). The van der Waals surface area contributed by atoms with Gasteiger partial charge in [-0.15, -0.1) is 0 Å². The van der Waals surface area contributed by atoms with Crippen LogP contribution < -0.4 is 0 Å². The summed E-state index contributed by atoms with van der Waals surface area (Å²) in [6.07, 6.45) is 2.50. The zero-order chi connectivity index (χ0) is 9.07. The molecular weight excluding hydrogens is 146 g/mol. The number of hydrogen-bond acceptors (Lipinski definition) is 3. The van der Waals surface area contributed by atoms with Crippen molar-refractivity contribution in [1.82, 2.24) is 0 Å². The van der Waals surface area contributed by atoms with Crippen LogP contribution >= 0.6 is 0 Å². The molecule has 0 spiro atoms. The van der Waals surface area contributed by atoms with E-state index >= 15 is 0 Å². The molecular formula is C7H11NO3. The molecule has 62 valence electrons. The highest BCUT2D eigenvalue weighted by Gasteiger charge is 2.26. The van der Waals surface area contributed by atoms with Crippen LogP contribution in [0, 0.1) is 10.1 Å². The predicted molar refractivity (Wildman–Crippen MR) is 40.9 cm³/mol. The van der Waals surface area contributed by atoms with E-state index in [0.717, 1.165) is 0 Å². The van der Waals surface area contributed by atoms with Gasteiger partial charge in [0.1, 0.15) is 0 Å². The lowest BCUT2D eigenvalue weighted by Crippen LogP contribution is -2.28. The monoisotopic (exact) mass is 157 g/mol. The fraction of sp³-hybridized carbons (Fsp3) is 0.571. The third-order valence-electron chi connectivity index (χ3n) is 1.20. The number of carbonyl (C=O) groups is 1. The summed E-state index contributed by atoms with van der Waals surface area (Å²) in [7, 11) is 0. The van der Waals surface area contributed by atoms with E-state index in [-0.39, 0.29) is 5.78 Å². The van der Waals surface area contributed by atoms with Crippen molar-refractivity contribution in [3.63, 3.8) is 0 Å². The molecule has 11 heavy (non-hydrogen) atoms. The van der Waals surface area contributed by atoms with Crippen LogP contribution in [0.4, 0.5) is 0 Å². The SMILES string of the molecule is CC(=O)/C=C/C(C)(C)[N+](=O)[O-]. The molecule has 0 N–H and O–H groups in total. The van der Waals surface area contributed by atoms with Crippen LogP contribution in [-0.4, -0.2) is 16.2 Å². The fourth-order valence-electron chi connectivity index (χ4n) is 0.382. The van der Waals surface area contributed by atoms with Gasteiger partial charge in [0, 0.05) is 18.8 Å². The summed E-state index contributed by atoms with van der Waals surface area (Å²) in [4.78, 5) is 20.2. The third-order valence-corrected chi connectivity index (χ3v) is 1.20. The normalized spacial score (nSPS) is 11.9. The average molecular weight is 157 g/mol. The third kappa shape index (κ3) is 3.50. The van der Waals surface area contributed by atoms with Crippen LogP contribution in [0.25, 0.3) is 0 Å². The molecule has 0 heterocycles. The molecule has 0 unspecified atom stereocenters. The van der Waals surface area contributed by atoms with E-state index in [9.17, 15) is 14.9 Å². The number of nitrogens with zero attached hydrogens (tertiary/aromatic N) is 1. The Morgan fingerprint density at radius 2 is 2.00 bits per heavy atom. The summed E-state index contributed by atoms with van der Waals surface area (Å²) in [5.41, 5.74) is -1.15. The van der Waals surface area contributed by atoms with E-state index in [2.05, 4.69) is 0 Å². The summed E-state index contributed by atoms with van der Waals surface area (Å²) in [5.74, 6) is -0.181. The Morgan fingerprint density at radius 1 is 1.55 bits per heavy atom. The second kappa shape index (κ2) is 3.27. The Balaban J connectivity index is 4.35. The lowest BCUT2D eigenvalue weighted by Gasteiger charge is -2.08. The van der Waals surface area contributed by atoms with E-state index in [4.69, 9.17) is 0 Å². The van der Waals surface area contributed by atoms with Crippen LogP contribution in [0.5, 0.6) is 0 Å². The van der Waals surface area contributed by atoms with Crippen molar-refractivity contribution in [3.8, 4) is 0 Å². The number of nitro groups is 1. The van der Waals surface area contributed by atoms with Crippen molar-refractivity contribution in [2.45, 2.75) is 26.3 Å². The molecule has 0 aliphatic rings. The van der Waals surface area contributed by atoms with Crippen molar-refractivity contribution in [3.05, 3.63) is 22.3 Å². The van der Waals surface area contributed by atoms with Crippen molar-refractivity contribution < 1.29 is 9.72 Å². The van der Waals surface area contributed by atoms with Gasteiger partial charge in [0.2, 0.25) is 5.54 Å². The van der Waals surface area contributed by atoms with Gasteiger partial charge >= 0.3 is 0 Å². The first-order chi connectivity index (χ1) is 4.86. The van der Waals surface area contributed by atoms with Gasteiger partial charge in [-0.2, -0.15) is 0 Å². The lowest BCUT2D eigenvalue weighted by molar-refractivity contribution is -0.545. The minimum atomic E-state index is -1.15. The summed E-state index contributed by atoms with van der Waals surface area (Å²) in [6, 6.07) is 0. The molecule has 4 heteroatoms. The topological polar surface area (TPSA) is 60.2 Å². The molecule has 0 aromatic rings. The van der Waals surface area contributed by atoms with Gasteiger partial charge in [0.05, 0.1) is 0 Å². The number of allylic oxidation sites excluding steroid dienone is 1.